The van der Waals surface area contributed by atoms with E-state index in [9.17, 15) is 4.79 Å². The third kappa shape index (κ3) is 3.07. The Bertz CT molecular complexity index is 679. The molecule has 0 fully saturated rings. The second kappa shape index (κ2) is 5.60. The fourth-order valence-electron chi connectivity index (χ4n) is 2.25. The first-order valence-electron chi connectivity index (χ1n) is 6.96. The molecule has 1 heterocycles. The number of nitrogens with zero attached hydrogens (tertiary/aromatic N) is 1. The van der Waals surface area contributed by atoms with E-state index in [1.54, 1.807) is 13.2 Å². The Morgan fingerprint density at radius 1 is 1.33 bits per heavy atom. The molecule has 2 aromatic rings. The number of nitrogen functional groups attached to an aromatic ring is 1. The van der Waals surface area contributed by atoms with Crippen LogP contribution in [0.25, 0.3) is 10.8 Å². The summed E-state index contributed by atoms with van der Waals surface area (Å²) in [6.07, 6.45) is 1.79. The van der Waals surface area contributed by atoms with Gasteiger partial charge in [-0.2, -0.15) is 0 Å². The molecule has 21 heavy (non-hydrogen) atoms. The molecule has 0 bridgehead atoms. The third-order valence-corrected chi connectivity index (χ3v) is 3.63. The maximum Gasteiger partial charge on any atom is 0.227 e. The minimum absolute atomic E-state index is 0.00703. The van der Waals surface area contributed by atoms with Crippen molar-refractivity contribution in [3.05, 3.63) is 30.1 Å². The summed E-state index contributed by atoms with van der Waals surface area (Å²) in [4.78, 5) is 16.1. The van der Waals surface area contributed by atoms with Gasteiger partial charge in [0.25, 0.3) is 0 Å². The lowest BCUT2D eigenvalue weighted by atomic mass is 9.92. The van der Waals surface area contributed by atoms with Gasteiger partial charge >= 0.3 is 0 Å². The molecular formula is C16H22N4O. The maximum atomic E-state index is 11.8. The molecular weight excluding hydrogens is 264 g/mol. The minimum Gasteiger partial charge on any atom is -0.398 e. The van der Waals surface area contributed by atoms with Crippen molar-refractivity contribution in [3.8, 4) is 0 Å². The molecule has 0 spiro atoms. The highest BCUT2D eigenvalue weighted by atomic mass is 16.2. The smallest absolute Gasteiger partial charge is 0.227 e. The number of benzene rings is 1. The summed E-state index contributed by atoms with van der Waals surface area (Å²) >= 11 is 0. The Hall–Kier alpha value is -2.30. The number of carbonyl (C=O) groups is 1. The molecule has 4 N–H and O–H groups in total. The molecule has 2 rings (SSSR count). The van der Waals surface area contributed by atoms with E-state index in [0.29, 0.717) is 12.2 Å². The second-order valence-electron chi connectivity index (χ2n) is 5.89. The number of amides is 1. The number of pyridine rings is 1. The van der Waals surface area contributed by atoms with Gasteiger partial charge in [0.05, 0.1) is 5.41 Å². The maximum absolute atomic E-state index is 11.8. The normalized spacial score (nSPS) is 11.4. The first-order chi connectivity index (χ1) is 9.85. The van der Waals surface area contributed by atoms with Crippen molar-refractivity contribution in [2.75, 3.05) is 24.6 Å². The average molecular weight is 286 g/mol. The molecule has 0 atom stereocenters. The molecule has 5 nitrogen and oxygen atoms in total. The van der Waals surface area contributed by atoms with Gasteiger partial charge in [-0.25, -0.2) is 0 Å². The zero-order valence-corrected chi connectivity index (χ0v) is 12.9. The van der Waals surface area contributed by atoms with E-state index in [0.717, 1.165) is 22.2 Å². The fraction of sp³-hybridized carbons (Fsp3) is 0.375. The van der Waals surface area contributed by atoms with Gasteiger partial charge in [-0.1, -0.05) is 0 Å². The van der Waals surface area contributed by atoms with Crippen LogP contribution in [-0.4, -0.2) is 24.5 Å². The van der Waals surface area contributed by atoms with Gasteiger partial charge in [0, 0.05) is 47.6 Å². The summed E-state index contributed by atoms with van der Waals surface area (Å²) in [5.74, 6) is 0.00703. The number of anilines is 2. The predicted molar refractivity (Wildman–Crippen MR) is 87.2 cm³/mol. The largest absolute Gasteiger partial charge is 0.398 e. The molecule has 0 saturated carbocycles. The van der Waals surface area contributed by atoms with E-state index in [1.165, 1.54) is 0 Å². The number of hydrogen-bond donors (Lipinski definition) is 3. The van der Waals surface area contributed by atoms with Crippen LogP contribution in [0.15, 0.2) is 24.4 Å². The summed E-state index contributed by atoms with van der Waals surface area (Å²) in [6.45, 7) is 6.30. The standard InChI is InChI=1S/C16H22N4O/c1-10-7-11-12(8-19-10)13(17)5-6-14(11)20-9-16(2,3)15(21)18-4/h5-8,20H,9,17H2,1-4H3,(H,18,21). The molecule has 1 amide bonds. The second-order valence-corrected chi connectivity index (χ2v) is 5.89. The van der Waals surface area contributed by atoms with Crippen LogP contribution in [0.1, 0.15) is 19.5 Å². The van der Waals surface area contributed by atoms with E-state index in [1.807, 2.05) is 39.0 Å². The van der Waals surface area contributed by atoms with Crippen LogP contribution in [0, 0.1) is 12.3 Å². The number of carbonyl (C=O) groups excluding carboxylic acids is 1. The number of nitrogens with one attached hydrogen (secondary N) is 2. The van der Waals surface area contributed by atoms with Gasteiger partial charge < -0.3 is 16.4 Å². The molecule has 0 aliphatic rings. The average Bonchev–Trinajstić information content (AvgIpc) is 2.45. The van der Waals surface area contributed by atoms with Crippen molar-refractivity contribution in [2.24, 2.45) is 5.41 Å². The van der Waals surface area contributed by atoms with Crippen LogP contribution >= 0.6 is 0 Å². The number of nitrogens with two attached hydrogens (primary N) is 1. The summed E-state index contributed by atoms with van der Waals surface area (Å²) in [7, 11) is 1.65. The Morgan fingerprint density at radius 2 is 2.05 bits per heavy atom. The van der Waals surface area contributed by atoms with Crippen molar-refractivity contribution in [2.45, 2.75) is 20.8 Å². The van der Waals surface area contributed by atoms with Crippen LogP contribution in [0.3, 0.4) is 0 Å². The van der Waals surface area contributed by atoms with Crippen LogP contribution in [0.5, 0.6) is 0 Å². The van der Waals surface area contributed by atoms with Crippen LogP contribution in [0.2, 0.25) is 0 Å². The predicted octanol–water partition coefficient (Wildman–Crippen LogP) is 2.31. The van der Waals surface area contributed by atoms with Crippen molar-refractivity contribution in [3.63, 3.8) is 0 Å². The van der Waals surface area contributed by atoms with Crippen molar-refractivity contribution >= 4 is 28.1 Å². The van der Waals surface area contributed by atoms with Gasteiger partial charge in [-0.05, 0) is 39.0 Å². The number of rotatable bonds is 4. The Balaban J connectivity index is 2.33. The molecule has 1 aromatic carbocycles. The monoisotopic (exact) mass is 286 g/mol. The van der Waals surface area contributed by atoms with E-state index < -0.39 is 5.41 Å². The number of aromatic nitrogens is 1. The van der Waals surface area contributed by atoms with Gasteiger partial charge in [0.2, 0.25) is 5.91 Å². The first-order valence-corrected chi connectivity index (χ1v) is 6.96. The van der Waals surface area contributed by atoms with E-state index >= 15 is 0 Å². The van der Waals surface area contributed by atoms with Crippen molar-refractivity contribution < 1.29 is 4.79 Å². The highest BCUT2D eigenvalue weighted by Gasteiger charge is 2.26. The van der Waals surface area contributed by atoms with E-state index in [2.05, 4.69) is 15.6 Å². The van der Waals surface area contributed by atoms with Crippen molar-refractivity contribution in [1.29, 1.82) is 0 Å². The fourth-order valence-corrected chi connectivity index (χ4v) is 2.25. The molecule has 1 aromatic heterocycles. The van der Waals surface area contributed by atoms with Gasteiger partial charge in [-0.3, -0.25) is 9.78 Å². The molecule has 0 aliphatic carbocycles. The van der Waals surface area contributed by atoms with Crippen LogP contribution < -0.4 is 16.4 Å². The first kappa shape index (κ1) is 15.1. The summed E-state index contributed by atoms with van der Waals surface area (Å²) in [5, 5.41) is 7.98. The summed E-state index contributed by atoms with van der Waals surface area (Å²) < 4.78 is 0. The lowest BCUT2D eigenvalue weighted by Crippen LogP contribution is -2.39. The zero-order valence-electron chi connectivity index (χ0n) is 12.9. The zero-order chi connectivity index (χ0) is 15.6. The van der Waals surface area contributed by atoms with Crippen LogP contribution in [-0.2, 0) is 4.79 Å². The molecule has 112 valence electrons. The van der Waals surface area contributed by atoms with Gasteiger partial charge in [0.1, 0.15) is 0 Å². The molecule has 0 saturated heterocycles. The number of hydrogen-bond acceptors (Lipinski definition) is 4. The Labute approximate surface area is 124 Å². The van der Waals surface area contributed by atoms with Crippen LogP contribution in [0.4, 0.5) is 11.4 Å². The Morgan fingerprint density at radius 3 is 2.71 bits per heavy atom. The quantitative estimate of drug-likeness (QED) is 0.753. The van der Waals surface area contributed by atoms with Crippen molar-refractivity contribution in [1.82, 2.24) is 10.3 Å². The lowest BCUT2D eigenvalue weighted by molar-refractivity contribution is -0.128. The highest BCUT2D eigenvalue weighted by molar-refractivity contribution is 6.01. The molecule has 0 aliphatic heterocycles. The molecule has 0 radical (unpaired) electrons. The lowest BCUT2D eigenvalue weighted by Gasteiger charge is -2.24. The number of aryl methyl sites for hydroxylation is 1. The molecule has 0 unspecified atom stereocenters. The third-order valence-electron chi connectivity index (χ3n) is 3.63. The highest BCUT2D eigenvalue weighted by Crippen LogP contribution is 2.29. The summed E-state index contributed by atoms with van der Waals surface area (Å²) in [6, 6.07) is 5.80. The SMILES string of the molecule is CNC(=O)C(C)(C)CNc1ccc(N)c2cnc(C)cc12. The molecule has 5 heteroatoms. The Kier molecular flexibility index (Phi) is 4.02. The minimum atomic E-state index is -0.496. The summed E-state index contributed by atoms with van der Waals surface area (Å²) in [5.41, 5.74) is 8.09. The van der Waals surface area contributed by atoms with Gasteiger partial charge in [-0.15, -0.1) is 0 Å². The van der Waals surface area contributed by atoms with E-state index in [-0.39, 0.29) is 5.91 Å². The van der Waals surface area contributed by atoms with Gasteiger partial charge in [0.15, 0.2) is 0 Å². The van der Waals surface area contributed by atoms with E-state index in [4.69, 9.17) is 5.73 Å². The topological polar surface area (TPSA) is 80.0 Å². The number of fused-ring (bicyclic) bond motifs is 1.